The van der Waals surface area contributed by atoms with E-state index in [1.54, 1.807) is 0 Å². The van der Waals surface area contributed by atoms with Crippen LogP contribution >= 0.6 is 0 Å². The lowest BCUT2D eigenvalue weighted by atomic mass is 9.87. The van der Waals surface area contributed by atoms with Crippen molar-refractivity contribution in [1.29, 1.82) is 5.39 Å². The number of hydrogen-bond donors (Lipinski definition) is 1. The zero-order chi connectivity index (χ0) is 11.3. The second kappa shape index (κ2) is 5.35. The van der Waals surface area contributed by atoms with Gasteiger partial charge < -0.3 is 9.84 Å². The van der Waals surface area contributed by atoms with Crippen molar-refractivity contribution < 1.29 is 14.6 Å². The molecule has 1 fully saturated rings. The van der Waals surface area contributed by atoms with Crippen molar-refractivity contribution in [2.75, 3.05) is 7.11 Å². The van der Waals surface area contributed by atoms with Crippen LogP contribution in [0.3, 0.4) is 0 Å². The second-order valence-corrected chi connectivity index (χ2v) is 3.66. The number of esters is 1. The molecular weight excluding hydrogens is 196 g/mol. The smallest absolute Gasteiger partial charge is 0.505 e. The number of hydrogen-bond acceptors (Lipinski definition) is 4. The van der Waals surface area contributed by atoms with Gasteiger partial charge >= 0.3 is 11.7 Å². The maximum atomic E-state index is 11.1. The Morgan fingerprint density at radius 2 is 2.00 bits per heavy atom. The van der Waals surface area contributed by atoms with Gasteiger partial charge in [0.2, 0.25) is 5.39 Å². The number of rotatable bonds is 2. The van der Waals surface area contributed by atoms with Crippen LogP contribution in [0.5, 0.6) is 0 Å². The Kier molecular flexibility index (Phi) is 4.10. The maximum Gasteiger partial charge on any atom is 0.505 e. The van der Waals surface area contributed by atoms with E-state index in [0.717, 1.165) is 32.1 Å². The van der Waals surface area contributed by atoms with E-state index in [1.165, 1.54) is 7.11 Å². The predicted octanol–water partition coefficient (Wildman–Crippen LogP) is 2.36. The first kappa shape index (κ1) is 11.5. The average molecular weight is 211 g/mol. The summed E-state index contributed by atoms with van der Waals surface area (Å²) in [7, 11) is 1.18. The van der Waals surface area contributed by atoms with E-state index in [-0.39, 0.29) is 17.4 Å². The molecule has 82 valence electrons. The highest BCUT2D eigenvalue weighted by Gasteiger charge is 2.34. The maximum absolute atomic E-state index is 11.1. The molecule has 0 aromatic rings. The van der Waals surface area contributed by atoms with Crippen LogP contribution in [0.25, 0.3) is 4.98 Å². The number of carbonyl (C=O) groups excluding carboxylic acids is 1. The van der Waals surface area contributed by atoms with E-state index >= 15 is 0 Å². The number of ether oxygens (including phenoxy) is 1. The Hall–Kier alpha value is -1.57. The first-order valence-electron chi connectivity index (χ1n) is 5.07. The molecule has 5 heteroatoms. The van der Waals surface area contributed by atoms with Crippen molar-refractivity contribution in [2.24, 2.45) is 5.92 Å². The summed E-state index contributed by atoms with van der Waals surface area (Å²) in [5.74, 6) is -1.03. The van der Waals surface area contributed by atoms with Gasteiger partial charge in [0, 0.05) is 5.92 Å². The normalized spacial score (nSPS) is 18.9. The number of aliphatic hydroxyl groups excluding tert-OH is 1. The molecule has 1 saturated carbocycles. The topological polar surface area (TPSA) is 74.7 Å². The predicted molar refractivity (Wildman–Crippen MR) is 53.3 cm³/mol. The van der Waals surface area contributed by atoms with Gasteiger partial charge in [-0.05, 0) is 12.8 Å². The van der Waals surface area contributed by atoms with E-state index in [1.807, 2.05) is 0 Å². The van der Waals surface area contributed by atoms with Crippen LogP contribution in [0, 0.1) is 11.3 Å². The van der Waals surface area contributed by atoms with Crippen molar-refractivity contribution in [3.05, 3.63) is 16.4 Å². The van der Waals surface area contributed by atoms with Gasteiger partial charge in [0.1, 0.15) is 0 Å². The molecule has 1 N–H and O–H groups in total. The third kappa shape index (κ3) is 2.69. The van der Waals surface area contributed by atoms with Crippen molar-refractivity contribution in [3.8, 4) is 0 Å². The van der Waals surface area contributed by atoms with Gasteiger partial charge in [0.05, 0.1) is 7.11 Å². The SMILES string of the molecule is COC(=O)/C([N+]#N)=C(\O)C1CCCCC1. The molecule has 5 nitrogen and oxygen atoms in total. The Balaban J connectivity index is 2.84. The highest BCUT2D eigenvalue weighted by molar-refractivity contribution is 5.90. The summed E-state index contributed by atoms with van der Waals surface area (Å²) in [4.78, 5) is 13.9. The van der Waals surface area contributed by atoms with Crippen molar-refractivity contribution >= 4 is 5.97 Å². The molecule has 0 aromatic heterocycles. The first-order valence-corrected chi connectivity index (χ1v) is 5.07. The van der Waals surface area contributed by atoms with Gasteiger partial charge in [-0.2, -0.15) is 0 Å². The number of methoxy groups -OCH3 is 1. The minimum absolute atomic E-state index is 0.0799. The van der Waals surface area contributed by atoms with Crippen molar-refractivity contribution in [3.63, 3.8) is 0 Å². The Bertz CT molecular complexity index is 311. The van der Waals surface area contributed by atoms with Crippen molar-refractivity contribution in [1.82, 2.24) is 0 Å². The molecule has 0 amide bonds. The summed E-state index contributed by atoms with van der Waals surface area (Å²) in [5, 5.41) is 18.4. The summed E-state index contributed by atoms with van der Waals surface area (Å²) >= 11 is 0. The molecule has 0 saturated heterocycles. The molecule has 0 radical (unpaired) electrons. The number of carbonyl (C=O) groups is 1. The van der Waals surface area contributed by atoms with E-state index in [2.05, 4.69) is 9.71 Å². The van der Waals surface area contributed by atoms with Gasteiger partial charge in [0.25, 0.3) is 0 Å². The fraction of sp³-hybridized carbons (Fsp3) is 0.700. The molecule has 1 aliphatic carbocycles. The molecule has 0 bridgehead atoms. The zero-order valence-corrected chi connectivity index (χ0v) is 8.77. The standard InChI is InChI=1S/C10H14N2O3/c1-15-10(14)8(12-11)9(13)7-5-3-2-4-6-7/h7H,2-6H2,1H3/p+1. The lowest BCUT2D eigenvalue weighted by Crippen LogP contribution is -2.14. The second-order valence-electron chi connectivity index (χ2n) is 3.66. The molecule has 0 heterocycles. The van der Waals surface area contributed by atoms with E-state index < -0.39 is 5.97 Å². The average Bonchev–Trinajstić information content (AvgIpc) is 2.30. The molecule has 1 rings (SSSR count). The van der Waals surface area contributed by atoms with Crippen LogP contribution in [-0.4, -0.2) is 18.2 Å². The first-order chi connectivity index (χ1) is 7.20. The van der Waals surface area contributed by atoms with Gasteiger partial charge in [-0.25, -0.2) is 4.79 Å². The van der Waals surface area contributed by atoms with Gasteiger partial charge in [-0.1, -0.05) is 19.3 Å². The fourth-order valence-corrected chi connectivity index (χ4v) is 1.86. The highest BCUT2D eigenvalue weighted by atomic mass is 16.5. The highest BCUT2D eigenvalue weighted by Crippen LogP contribution is 2.30. The Labute approximate surface area is 88.4 Å². The molecule has 0 atom stereocenters. The zero-order valence-electron chi connectivity index (χ0n) is 8.77. The lowest BCUT2D eigenvalue weighted by molar-refractivity contribution is -0.136. The lowest BCUT2D eigenvalue weighted by Gasteiger charge is -2.18. The van der Waals surface area contributed by atoms with Gasteiger partial charge in [-0.15, -0.1) is 0 Å². The molecule has 0 unspecified atom stereocenters. The van der Waals surface area contributed by atoms with Crippen LogP contribution in [0.2, 0.25) is 0 Å². The molecule has 1 aliphatic rings. The number of aliphatic hydroxyl groups is 1. The molecular formula is C10H15N2O3+. The molecule has 15 heavy (non-hydrogen) atoms. The molecule has 0 aliphatic heterocycles. The number of nitrogens with zero attached hydrogens (tertiary/aromatic N) is 2. The van der Waals surface area contributed by atoms with E-state index in [9.17, 15) is 9.90 Å². The molecule has 0 aromatic carbocycles. The van der Waals surface area contributed by atoms with Crippen LogP contribution in [-0.2, 0) is 9.53 Å². The monoisotopic (exact) mass is 211 g/mol. The van der Waals surface area contributed by atoms with Gasteiger partial charge in [0.15, 0.2) is 10.7 Å². The van der Waals surface area contributed by atoms with Crippen LogP contribution < -0.4 is 0 Å². The van der Waals surface area contributed by atoms with E-state index in [4.69, 9.17) is 5.39 Å². The number of diazo groups is 1. The summed E-state index contributed by atoms with van der Waals surface area (Å²) < 4.78 is 4.40. The third-order valence-electron chi connectivity index (χ3n) is 2.71. The number of allylic oxidation sites excluding steroid dienone is 1. The largest absolute Gasteiger partial charge is 0.505 e. The minimum atomic E-state index is -0.805. The Morgan fingerprint density at radius 3 is 2.47 bits per heavy atom. The quantitative estimate of drug-likeness (QED) is 0.329. The van der Waals surface area contributed by atoms with Crippen molar-refractivity contribution in [2.45, 2.75) is 32.1 Å². The minimum Gasteiger partial charge on any atom is -0.505 e. The summed E-state index contributed by atoms with van der Waals surface area (Å²) in [6.07, 6.45) is 4.83. The molecule has 0 spiro atoms. The summed E-state index contributed by atoms with van der Waals surface area (Å²) in [5.41, 5.74) is -0.371. The van der Waals surface area contributed by atoms with Gasteiger partial charge in [-0.3, -0.25) is 0 Å². The third-order valence-corrected chi connectivity index (χ3v) is 2.71. The fourth-order valence-electron chi connectivity index (χ4n) is 1.86. The summed E-state index contributed by atoms with van der Waals surface area (Å²) in [6, 6.07) is 0. The van der Waals surface area contributed by atoms with Crippen LogP contribution in [0.4, 0.5) is 0 Å². The van der Waals surface area contributed by atoms with E-state index in [0.29, 0.717) is 0 Å². The van der Waals surface area contributed by atoms with Crippen LogP contribution in [0.1, 0.15) is 32.1 Å². The summed E-state index contributed by atoms with van der Waals surface area (Å²) in [6.45, 7) is 0. The Morgan fingerprint density at radius 1 is 1.40 bits per heavy atom. The van der Waals surface area contributed by atoms with Crippen LogP contribution in [0.15, 0.2) is 11.5 Å².